The Morgan fingerprint density at radius 2 is 2.04 bits per heavy atom. The molecule has 2 rings (SSSR count). The smallest absolute Gasteiger partial charge is 0.326 e. The second-order valence-electron chi connectivity index (χ2n) is 5.49. The van der Waals surface area contributed by atoms with Gasteiger partial charge in [-0.25, -0.2) is 4.79 Å². The zero-order valence-electron chi connectivity index (χ0n) is 14.2. The summed E-state index contributed by atoms with van der Waals surface area (Å²) in [6.45, 7) is 1.43. The molecule has 0 unspecified atom stereocenters. The molecule has 1 atom stereocenters. The Labute approximate surface area is 165 Å². The van der Waals surface area contributed by atoms with E-state index in [9.17, 15) is 19.5 Å². The van der Waals surface area contributed by atoms with Crippen LogP contribution in [-0.4, -0.2) is 50.2 Å². The first-order valence-corrected chi connectivity index (χ1v) is 10.3. The number of benzene rings is 1. The Hall–Kier alpha value is -1.84. The van der Waals surface area contributed by atoms with E-state index in [4.69, 9.17) is 12.2 Å². The summed E-state index contributed by atoms with van der Waals surface area (Å²) >= 11 is 7.86. The van der Waals surface area contributed by atoms with Crippen molar-refractivity contribution in [3.8, 4) is 0 Å². The van der Waals surface area contributed by atoms with Gasteiger partial charge in [0.25, 0.3) is 5.91 Å². The third kappa shape index (κ3) is 5.09. The van der Waals surface area contributed by atoms with Crippen LogP contribution in [0.15, 0.2) is 29.2 Å². The minimum Gasteiger partial charge on any atom is -0.480 e. The van der Waals surface area contributed by atoms with Gasteiger partial charge >= 0.3 is 5.97 Å². The van der Waals surface area contributed by atoms with E-state index in [1.165, 1.54) is 23.6 Å². The zero-order chi connectivity index (χ0) is 19.3. The number of nitrogens with one attached hydrogen (secondary N) is 1. The molecule has 2 N–H and O–H groups in total. The Morgan fingerprint density at radius 3 is 2.58 bits per heavy atom. The molecule has 0 aromatic heterocycles. The van der Waals surface area contributed by atoms with Crippen molar-refractivity contribution in [2.75, 3.05) is 17.3 Å². The lowest BCUT2D eigenvalue weighted by Gasteiger charge is -2.22. The molecule has 1 saturated heterocycles. The normalized spacial score (nSPS) is 16.8. The highest BCUT2D eigenvalue weighted by atomic mass is 32.2. The van der Waals surface area contributed by atoms with Crippen molar-refractivity contribution in [3.63, 3.8) is 0 Å². The third-order valence-electron chi connectivity index (χ3n) is 3.54. The summed E-state index contributed by atoms with van der Waals surface area (Å²) < 4.78 is 0.254. The Kier molecular flexibility index (Phi) is 7.24. The van der Waals surface area contributed by atoms with E-state index in [2.05, 4.69) is 5.32 Å². The fraction of sp³-hybridized carbons (Fsp3) is 0.294. The summed E-state index contributed by atoms with van der Waals surface area (Å²) in [6, 6.07) is 6.03. The van der Waals surface area contributed by atoms with Gasteiger partial charge in [0, 0.05) is 12.6 Å². The molecule has 6 nitrogen and oxygen atoms in total. The molecule has 1 heterocycles. The third-order valence-corrected chi connectivity index (χ3v) is 5.52. The van der Waals surface area contributed by atoms with Crippen molar-refractivity contribution in [1.29, 1.82) is 0 Å². The molecular weight excluding hydrogens is 392 g/mol. The first-order valence-electron chi connectivity index (χ1n) is 7.70. The van der Waals surface area contributed by atoms with Gasteiger partial charge in [0.2, 0.25) is 5.91 Å². The number of hydrogen-bond acceptors (Lipinski definition) is 6. The summed E-state index contributed by atoms with van der Waals surface area (Å²) in [5.41, 5.74) is 1.42. The molecule has 1 aliphatic heterocycles. The van der Waals surface area contributed by atoms with Gasteiger partial charge < -0.3 is 10.4 Å². The summed E-state index contributed by atoms with van der Waals surface area (Å²) in [5.74, 6) is -0.989. The van der Waals surface area contributed by atoms with Crippen LogP contribution in [0.5, 0.6) is 0 Å². The van der Waals surface area contributed by atoms with Gasteiger partial charge in [-0.3, -0.25) is 14.5 Å². The van der Waals surface area contributed by atoms with E-state index < -0.39 is 12.0 Å². The number of thiocarbonyl (C=S) groups is 1. The number of rotatable bonds is 7. The van der Waals surface area contributed by atoms with Crippen LogP contribution in [0, 0.1) is 0 Å². The minimum absolute atomic E-state index is 0.163. The summed E-state index contributed by atoms with van der Waals surface area (Å²) in [6.07, 6.45) is 3.89. The Morgan fingerprint density at radius 1 is 1.38 bits per heavy atom. The van der Waals surface area contributed by atoms with Crippen molar-refractivity contribution in [2.24, 2.45) is 0 Å². The highest BCUT2D eigenvalue weighted by Gasteiger charge is 2.40. The Bertz CT molecular complexity index is 762. The molecule has 0 bridgehead atoms. The minimum atomic E-state index is -1.06. The molecule has 1 aliphatic rings. The molecule has 0 saturated carbocycles. The number of anilines is 1. The van der Waals surface area contributed by atoms with E-state index in [1.54, 1.807) is 30.3 Å². The van der Waals surface area contributed by atoms with Gasteiger partial charge in [-0.05, 0) is 42.2 Å². The number of thioether (sulfide) groups is 2. The molecular formula is C17H18N2O4S3. The predicted octanol–water partition coefficient (Wildman–Crippen LogP) is 3.05. The van der Waals surface area contributed by atoms with Crippen LogP contribution in [-0.2, 0) is 14.4 Å². The molecule has 26 heavy (non-hydrogen) atoms. The predicted molar refractivity (Wildman–Crippen MR) is 110 cm³/mol. The topological polar surface area (TPSA) is 86.7 Å². The SMILES string of the molecule is CSCC[C@H](C(=O)O)N1C(=O)/C(=C\c2ccc(NC(C)=O)cc2)SC1=S. The van der Waals surface area contributed by atoms with Crippen LogP contribution >= 0.6 is 35.7 Å². The van der Waals surface area contributed by atoms with Gasteiger partial charge in [-0.2, -0.15) is 11.8 Å². The lowest BCUT2D eigenvalue weighted by molar-refractivity contribution is -0.145. The molecule has 2 amide bonds. The fourth-order valence-electron chi connectivity index (χ4n) is 2.36. The molecule has 0 aliphatic carbocycles. The number of carboxylic acids is 1. The van der Waals surface area contributed by atoms with E-state index in [1.807, 2.05) is 6.26 Å². The highest BCUT2D eigenvalue weighted by Crippen LogP contribution is 2.35. The number of carbonyl (C=O) groups is 3. The quantitative estimate of drug-likeness (QED) is 0.528. The monoisotopic (exact) mass is 410 g/mol. The van der Waals surface area contributed by atoms with E-state index in [-0.39, 0.29) is 16.1 Å². The lowest BCUT2D eigenvalue weighted by atomic mass is 10.1. The molecule has 9 heteroatoms. The molecule has 1 fully saturated rings. The van der Waals surface area contributed by atoms with Crippen LogP contribution in [0.25, 0.3) is 6.08 Å². The van der Waals surface area contributed by atoms with Crippen molar-refractivity contribution >= 4 is 69.6 Å². The molecule has 138 valence electrons. The summed E-state index contributed by atoms with van der Waals surface area (Å²) in [5, 5.41) is 12.1. The largest absolute Gasteiger partial charge is 0.480 e. The zero-order valence-corrected chi connectivity index (χ0v) is 16.7. The number of hydrogen-bond donors (Lipinski definition) is 2. The van der Waals surface area contributed by atoms with E-state index in [0.29, 0.717) is 22.8 Å². The average molecular weight is 411 g/mol. The number of carboxylic acid groups (broad SMARTS) is 1. The van der Waals surface area contributed by atoms with Gasteiger partial charge in [-0.15, -0.1) is 0 Å². The van der Waals surface area contributed by atoms with Crippen LogP contribution < -0.4 is 5.32 Å². The first-order chi connectivity index (χ1) is 12.3. The number of nitrogens with zero attached hydrogens (tertiary/aromatic N) is 1. The fourth-order valence-corrected chi connectivity index (χ4v) is 4.17. The van der Waals surface area contributed by atoms with Gasteiger partial charge in [-0.1, -0.05) is 36.1 Å². The number of carbonyl (C=O) groups excluding carboxylic acids is 2. The average Bonchev–Trinajstić information content (AvgIpc) is 2.84. The van der Waals surface area contributed by atoms with Crippen molar-refractivity contribution in [1.82, 2.24) is 4.90 Å². The highest BCUT2D eigenvalue weighted by molar-refractivity contribution is 8.26. The van der Waals surface area contributed by atoms with Crippen LogP contribution in [0.4, 0.5) is 5.69 Å². The van der Waals surface area contributed by atoms with E-state index >= 15 is 0 Å². The standard InChI is InChI=1S/C17H18N2O4S3/c1-10(20)18-12-5-3-11(4-6-12)9-14-15(21)19(17(24)26-14)13(16(22)23)7-8-25-2/h3-6,9,13H,7-8H2,1-2H3,(H,18,20)(H,22,23)/b14-9+/t13-/m1/s1. The Balaban J connectivity index is 2.20. The molecule has 1 aromatic carbocycles. The van der Waals surface area contributed by atoms with Crippen LogP contribution in [0.3, 0.4) is 0 Å². The maximum Gasteiger partial charge on any atom is 0.326 e. The first kappa shape index (κ1) is 20.5. The van der Waals surface area contributed by atoms with Crippen LogP contribution in [0.2, 0.25) is 0 Å². The van der Waals surface area contributed by atoms with Gasteiger partial charge in [0.05, 0.1) is 4.91 Å². The summed E-state index contributed by atoms with van der Waals surface area (Å²) in [4.78, 5) is 36.8. The van der Waals surface area contributed by atoms with Crippen molar-refractivity contribution in [2.45, 2.75) is 19.4 Å². The molecule has 0 spiro atoms. The molecule has 1 aromatic rings. The second-order valence-corrected chi connectivity index (χ2v) is 8.15. The maximum atomic E-state index is 12.7. The van der Waals surface area contributed by atoms with Gasteiger partial charge in [0.15, 0.2) is 0 Å². The van der Waals surface area contributed by atoms with Gasteiger partial charge in [0.1, 0.15) is 10.4 Å². The number of aliphatic carboxylic acids is 1. The lowest BCUT2D eigenvalue weighted by Crippen LogP contribution is -2.44. The number of amides is 2. The second kappa shape index (κ2) is 9.20. The van der Waals surface area contributed by atoms with Crippen molar-refractivity contribution in [3.05, 3.63) is 34.7 Å². The molecule has 0 radical (unpaired) electrons. The van der Waals surface area contributed by atoms with Crippen LogP contribution in [0.1, 0.15) is 18.9 Å². The van der Waals surface area contributed by atoms with E-state index in [0.717, 1.165) is 17.3 Å². The summed E-state index contributed by atoms with van der Waals surface area (Å²) in [7, 11) is 0. The maximum absolute atomic E-state index is 12.7. The van der Waals surface area contributed by atoms with Crippen molar-refractivity contribution < 1.29 is 19.5 Å².